The van der Waals surface area contributed by atoms with Crippen molar-refractivity contribution in [2.45, 2.75) is 12.5 Å². The molecule has 2 aromatic carbocycles. The molecule has 1 saturated heterocycles. The van der Waals surface area contributed by atoms with Crippen molar-refractivity contribution in [1.82, 2.24) is 15.2 Å². The molecule has 3 aromatic rings. The minimum absolute atomic E-state index is 0.123. The maximum absolute atomic E-state index is 11.6. The molecular formula is C20H19ClN4O2S. The van der Waals surface area contributed by atoms with E-state index in [-0.39, 0.29) is 17.5 Å². The predicted octanol–water partition coefficient (Wildman–Crippen LogP) is 3.30. The third kappa shape index (κ3) is 4.26. The highest BCUT2D eigenvalue weighted by Crippen LogP contribution is 2.24. The van der Waals surface area contributed by atoms with E-state index >= 15 is 0 Å². The maximum atomic E-state index is 11.6. The lowest BCUT2D eigenvalue weighted by molar-refractivity contribution is 0.578. The van der Waals surface area contributed by atoms with Gasteiger partial charge in [0.15, 0.2) is 9.84 Å². The number of hydrogen-bond donors (Lipinski definition) is 1. The number of para-hydroxylation sites is 1. The van der Waals surface area contributed by atoms with Gasteiger partial charge in [0.05, 0.1) is 29.4 Å². The van der Waals surface area contributed by atoms with Crippen LogP contribution in [0.4, 0.5) is 0 Å². The molecule has 1 aliphatic rings. The van der Waals surface area contributed by atoms with Crippen LogP contribution in [0.15, 0.2) is 65.9 Å². The lowest BCUT2D eigenvalue weighted by Gasteiger charge is -2.05. The number of aromatic nitrogens is 2. The van der Waals surface area contributed by atoms with Crippen molar-refractivity contribution in [2.75, 3.05) is 11.5 Å². The van der Waals surface area contributed by atoms with E-state index in [0.717, 1.165) is 22.5 Å². The zero-order valence-electron chi connectivity index (χ0n) is 15.0. The van der Waals surface area contributed by atoms with E-state index in [9.17, 15) is 8.42 Å². The van der Waals surface area contributed by atoms with Crippen LogP contribution in [0.5, 0.6) is 0 Å². The summed E-state index contributed by atoms with van der Waals surface area (Å²) in [4.78, 5) is 0. The van der Waals surface area contributed by atoms with E-state index in [2.05, 4.69) is 10.5 Å². The van der Waals surface area contributed by atoms with Crippen molar-refractivity contribution in [3.05, 3.63) is 71.4 Å². The quantitative estimate of drug-likeness (QED) is 0.513. The second-order valence-electron chi connectivity index (χ2n) is 6.71. The molecule has 8 heteroatoms. The lowest BCUT2D eigenvalue weighted by Crippen LogP contribution is -2.25. The third-order valence-corrected chi connectivity index (χ3v) is 6.59. The number of rotatable bonds is 5. The summed E-state index contributed by atoms with van der Waals surface area (Å²) in [5.74, 6) is 0.333. The Morgan fingerprint density at radius 2 is 1.89 bits per heavy atom. The Balaban J connectivity index is 1.63. The molecule has 2 heterocycles. The van der Waals surface area contributed by atoms with Crippen LogP contribution >= 0.6 is 11.6 Å². The smallest absolute Gasteiger partial charge is 0.152 e. The van der Waals surface area contributed by atoms with Crippen molar-refractivity contribution in [2.24, 2.45) is 5.10 Å². The minimum atomic E-state index is -2.94. The fraction of sp³-hybridized carbons (Fsp3) is 0.200. The number of benzene rings is 2. The lowest BCUT2D eigenvalue weighted by atomic mass is 10.1. The van der Waals surface area contributed by atoms with Crippen LogP contribution in [0, 0.1) is 0 Å². The molecule has 4 rings (SSSR count). The molecule has 144 valence electrons. The molecule has 6 nitrogen and oxygen atoms in total. The van der Waals surface area contributed by atoms with Crippen LogP contribution in [-0.4, -0.2) is 42.0 Å². The fourth-order valence-electron chi connectivity index (χ4n) is 3.14. The van der Waals surface area contributed by atoms with Gasteiger partial charge in [-0.2, -0.15) is 10.2 Å². The molecule has 28 heavy (non-hydrogen) atoms. The van der Waals surface area contributed by atoms with Gasteiger partial charge in [0, 0.05) is 22.3 Å². The number of sulfone groups is 1. The Labute approximate surface area is 168 Å². The van der Waals surface area contributed by atoms with Crippen LogP contribution < -0.4 is 5.43 Å². The summed E-state index contributed by atoms with van der Waals surface area (Å²) in [6, 6.07) is 17.1. The second-order valence-corrected chi connectivity index (χ2v) is 9.37. The summed E-state index contributed by atoms with van der Waals surface area (Å²) in [6.45, 7) is 0. The zero-order valence-corrected chi connectivity index (χ0v) is 16.6. The topological polar surface area (TPSA) is 76.3 Å². The Morgan fingerprint density at radius 1 is 1.14 bits per heavy atom. The van der Waals surface area contributed by atoms with Gasteiger partial charge in [-0.25, -0.2) is 13.1 Å². The molecule has 0 amide bonds. The van der Waals surface area contributed by atoms with Gasteiger partial charge in [-0.1, -0.05) is 41.9 Å². The molecule has 0 aliphatic carbocycles. The molecule has 0 spiro atoms. The molecule has 1 unspecified atom stereocenters. The molecule has 1 N–H and O–H groups in total. The highest BCUT2D eigenvalue weighted by molar-refractivity contribution is 7.91. The summed E-state index contributed by atoms with van der Waals surface area (Å²) >= 11 is 6.01. The van der Waals surface area contributed by atoms with Gasteiger partial charge in [-0.3, -0.25) is 0 Å². The van der Waals surface area contributed by atoms with Crippen molar-refractivity contribution in [3.8, 4) is 16.9 Å². The van der Waals surface area contributed by atoms with E-state index < -0.39 is 9.84 Å². The molecule has 0 bridgehead atoms. The molecule has 0 saturated carbocycles. The van der Waals surface area contributed by atoms with Crippen LogP contribution in [0.3, 0.4) is 0 Å². The van der Waals surface area contributed by atoms with E-state index in [4.69, 9.17) is 16.7 Å². The fourth-order valence-corrected chi connectivity index (χ4v) is 4.93. The molecule has 1 fully saturated rings. The number of hydrogen-bond acceptors (Lipinski definition) is 5. The third-order valence-electron chi connectivity index (χ3n) is 4.57. The zero-order chi connectivity index (χ0) is 19.6. The summed E-state index contributed by atoms with van der Waals surface area (Å²) < 4.78 is 25.0. The van der Waals surface area contributed by atoms with Gasteiger partial charge >= 0.3 is 0 Å². The number of nitrogens with one attached hydrogen (secondary N) is 1. The van der Waals surface area contributed by atoms with Crippen LogP contribution in [0.2, 0.25) is 5.02 Å². The Kier molecular flexibility index (Phi) is 5.19. The first-order chi connectivity index (χ1) is 13.5. The summed E-state index contributed by atoms with van der Waals surface area (Å²) in [7, 11) is -2.94. The summed E-state index contributed by atoms with van der Waals surface area (Å²) in [6.07, 6.45) is 4.16. The van der Waals surface area contributed by atoms with Gasteiger partial charge in [-0.15, -0.1) is 0 Å². The van der Waals surface area contributed by atoms with Gasteiger partial charge in [-0.05, 0) is 30.7 Å². The molecule has 1 aromatic heterocycles. The number of hydrazone groups is 1. The molecular weight excluding hydrogens is 396 g/mol. The summed E-state index contributed by atoms with van der Waals surface area (Å²) in [5.41, 5.74) is 6.40. The van der Waals surface area contributed by atoms with E-state index in [1.165, 1.54) is 0 Å². The van der Waals surface area contributed by atoms with Crippen molar-refractivity contribution >= 4 is 27.7 Å². The maximum Gasteiger partial charge on any atom is 0.152 e. The monoisotopic (exact) mass is 414 g/mol. The van der Waals surface area contributed by atoms with Crippen LogP contribution in [0.25, 0.3) is 16.9 Å². The SMILES string of the molecule is O=S1(=O)CCC(N/N=C/c2cn(-c3ccccc3)nc2-c2ccc(Cl)cc2)C1. The van der Waals surface area contributed by atoms with E-state index in [1.54, 1.807) is 10.9 Å². The minimum Gasteiger partial charge on any atom is -0.306 e. The largest absolute Gasteiger partial charge is 0.306 e. The Bertz CT molecular complexity index is 1090. The molecule has 0 radical (unpaired) electrons. The summed E-state index contributed by atoms with van der Waals surface area (Å²) in [5, 5.41) is 9.65. The van der Waals surface area contributed by atoms with Gasteiger partial charge in [0.1, 0.15) is 5.69 Å². The van der Waals surface area contributed by atoms with Gasteiger partial charge in [0.2, 0.25) is 0 Å². The first-order valence-electron chi connectivity index (χ1n) is 8.90. The predicted molar refractivity (Wildman–Crippen MR) is 112 cm³/mol. The van der Waals surface area contributed by atoms with Crippen LogP contribution in [0.1, 0.15) is 12.0 Å². The highest BCUT2D eigenvalue weighted by atomic mass is 35.5. The molecule has 1 atom stereocenters. The Hall–Kier alpha value is -2.64. The average Bonchev–Trinajstić information content (AvgIpc) is 3.26. The van der Waals surface area contributed by atoms with Gasteiger partial charge < -0.3 is 5.43 Å². The van der Waals surface area contributed by atoms with Crippen molar-refractivity contribution < 1.29 is 8.42 Å². The first kappa shape index (κ1) is 18.7. The highest BCUT2D eigenvalue weighted by Gasteiger charge is 2.27. The van der Waals surface area contributed by atoms with Crippen LogP contribution in [-0.2, 0) is 9.84 Å². The first-order valence-corrected chi connectivity index (χ1v) is 11.1. The second kappa shape index (κ2) is 7.77. The van der Waals surface area contributed by atoms with E-state index in [1.807, 2.05) is 60.8 Å². The van der Waals surface area contributed by atoms with Crippen molar-refractivity contribution in [3.63, 3.8) is 0 Å². The normalized spacial score (nSPS) is 18.5. The van der Waals surface area contributed by atoms with Gasteiger partial charge in [0.25, 0.3) is 0 Å². The Morgan fingerprint density at radius 3 is 2.57 bits per heavy atom. The van der Waals surface area contributed by atoms with E-state index in [0.29, 0.717) is 11.4 Å². The average molecular weight is 415 g/mol. The number of nitrogens with zero attached hydrogens (tertiary/aromatic N) is 3. The van der Waals surface area contributed by atoms with Crippen molar-refractivity contribution in [1.29, 1.82) is 0 Å². The number of halogens is 1. The molecule has 1 aliphatic heterocycles. The standard InChI is InChI=1S/C20H19ClN4O2S/c21-17-8-6-15(7-9-17)20-16(12-22-23-18-10-11-28(26,27)14-18)13-25(24-20)19-4-2-1-3-5-19/h1-9,12-13,18,23H,10-11,14H2/b22-12+.